The first-order valence-corrected chi connectivity index (χ1v) is 9.78. The van der Waals surface area contributed by atoms with Crippen molar-refractivity contribution >= 4 is 33.6 Å². The van der Waals surface area contributed by atoms with Gasteiger partial charge in [0.1, 0.15) is 5.75 Å². The Morgan fingerprint density at radius 2 is 2.12 bits per heavy atom. The Morgan fingerprint density at radius 1 is 1.36 bits per heavy atom. The number of aromatic nitrogens is 3. The second kappa shape index (κ2) is 8.20. The largest absolute Gasteiger partial charge is 0.507 e. The molecule has 0 aliphatic carbocycles. The van der Waals surface area contributed by atoms with Gasteiger partial charge in [0.2, 0.25) is 5.91 Å². The average Bonchev–Trinajstić information content (AvgIpc) is 3.05. The SMILES string of the molecule is CCn1c(SCC(=O)N2CCOCC2)nnc1-c1cc(Br)ccc1O. The number of amides is 1. The summed E-state index contributed by atoms with van der Waals surface area (Å²) >= 11 is 4.77. The van der Waals surface area contributed by atoms with E-state index >= 15 is 0 Å². The van der Waals surface area contributed by atoms with Crippen molar-refractivity contribution in [3.05, 3.63) is 22.7 Å². The molecule has 2 heterocycles. The van der Waals surface area contributed by atoms with Crippen LogP contribution in [0, 0.1) is 0 Å². The second-order valence-corrected chi connectivity index (χ2v) is 7.35. The van der Waals surface area contributed by atoms with E-state index in [1.807, 2.05) is 16.4 Å². The molecule has 0 saturated carbocycles. The molecule has 1 aliphatic rings. The van der Waals surface area contributed by atoms with Crippen molar-refractivity contribution in [2.75, 3.05) is 32.1 Å². The summed E-state index contributed by atoms with van der Waals surface area (Å²) in [7, 11) is 0. The number of aromatic hydroxyl groups is 1. The number of carbonyl (C=O) groups excluding carboxylic acids is 1. The van der Waals surface area contributed by atoms with Crippen LogP contribution in [0.3, 0.4) is 0 Å². The van der Waals surface area contributed by atoms with Crippen molar-refractivity contribution < 1.29 is 14.6 Å². The first kappa shape index (κ1) is 18.2. The highest BCUT2D eigenvalue weighted by molar-refractivity contribution is 9.10. The quantitative estimate of drug-likeness (QED) is 0.739. The number of rotatable bonds is 5. The summed E-state index contributed by atoms with van der Waals surface area (Å²) in [6.45, 7) is 5.08. The number of carbonyl (C=O) groups is 1. The number of phenols is 1. The van der Waals surface area contributed by atoms with E-state index in [1.165, 1.54) is 11.8 Å². The molecule has 1 saturated heterocycles. The fourth-order valence-corrected chi connectivity index (χ4v) is 3.86. The first-order valence-electron chi connectivity index (χ1n) is 8.00. The van der Waals surface area contributed by atoms with Crippen molar-refractivity contribution in [2.45, 2.75) is 18.6 Å². The molecule has 25 heavy (non-hydrogen) atoms. The van der Waals surface area contributed by atoms with Crippen LogP contribution in [0.1, 0.15) is 6.92 Å². The summed E-state index contributed by atoms with van der Waals surface area (Å²) in [5.74, 6) is 1.11. The number of halogens is 1. The molecule has 1 N–H and O–H groups in total. The van der Waals surface area contributed by atoms with E-state index in [0.717, 1.165) is 4.47 Å². The molecule has 0 spiro atoms. The van der Waals surface area contributed by atoms with Crippen molar-refractivity contribution in [3.8, 4) is 17.1 Å². The highest BCUT2D eigenvalue weighted by Crippen LogP contribution is 2.32. The van der Waals surface area contributed by atoms with Gasteiger partial charge in [0.05, 0.1) is 24.5 Å². The van der Waals surface area contributed by atoms with E-state index in [4.69, 9.17) is 4.74 Å². The van der Waals surface area contributed by atoms with Gasteiger partial charge in [-0.15, -0.1) is 10.2 Å². The van der Waals surface area contributed by atoms with E-state index < -0.39 is 0 Å². The highest BCUT2D eigenvalue weighted by Gasteiger charge is 2.20. The molecule has 134 valence electrons. The summed E-state index contributed by atoms with van der Waals surface area (Å²) < 4.78 is 8.02. The number of hydrogen-bond donors (Lipinski definition) is 1. The van der Waals surface area contributed by atoms with E-state index in [-0.39, 0.29) is 11.7 Å². The minimum atomic E-state index is 0.0748. The first-order chi connectivity index (χ1) is 12.1. The standard InChI is InChI=1S/C16H19BrN4O3S/c1-2-21-15(12-9-11(17)3-4-13(12)22)18-19-16(21)25-10-14(23)20-5-7-24-8-6-20/h3-4,9,22H,2,5-8,10H2,1H3. The van der Waals surface area contributed by atoms with Gasteiger partial charge < -0.3 is 19.3 Å². The number of thioether (sulfide) groups is 1. The topological polar surface area (TPSA) is 80.5 Å². The van der Waals surface area contributed by atoms with Crippen LogP contribution in [0.5, 0.6) is 5.75 Å². The third kappa shape index (κ3) is 4.16. The van der Waals surface area contributed by atoms with Crippen LogP contribution in [-0.2, 0) is 16.1 Å². The summed E-state index contributed by atoms with van der Waals surface area (Å²) in [5, 5.41) is 19.2. The molecule has 9 heteroatoms. The Bertz CT molecular complexity index is 762. The summed E-state index contributed by atoms with van der Waals surface area (Å²) in [6.07, 6.45) is 0. The summed E-state index contributed by atoms with van der Waals surface area (Å²) in [6, 6.07) is 5.18. The monoisotopic (exact) mass is 426 g/mol. The molecule has 7 nitrogen and oxygen atoms in total. The molecule has 0 atom stereocenters. The molecular weight excluding hydrogens is 408 g/mol. The number of ether oxygens (including phenoxy) is 1. The Morgan fingerprint density at radius 3 is 2.84 bits per heavy atom. The van der Waals surface area contributed by atoms with Gasteiger partial charge in [0, 0.05) is 24.1 Å². The normalized spacial score (nSPS) is 14.7. The number of hydrogen-bond acceptors (Lipinski definition) is 6. The number of morpholine rings is 1. The van der Waals surface area contributed by atoms with Gasteiger partial charge in [0.15, 0.2) is 11.0 Å². The van der Waals surface area contributed by atoms with Gasteiger partial charge in [-0.1, -0.05) is 27.7 Å². The second-order valence-electron chi connectivity index (χ2n) is 5.49. The molecular formula is C16H19BrN4O3S. The zero-order chi connectivity index (χ0) is 17.8. The Hall–Kier alpha value is -1.58. The van der Waals surface area contributed by atoms with E-state index in [1.54, 1.807) is 18.2 Å². The zero-order valence-corrected chi connectivity index (χ0v) is 16.2. The molecule has 1 aromatic carbocycles. The third-order valence-electron chi connectivity index (χ3n) is 3.92. The lowest BCUT2D eigenvalue weighted by atomic mass is 10.2. The van der Waals surface area contributed by atoms with Gasteiger partial charge in [-0.25, -0.2) is 0 Å². The molecule has 1 fully saturated rings. The van der Waals surface area contributed by atoms with Crippen LogP contribution in [0.4, 0.5) is 0 Å². The predicted octanol–water partition coefficient (Wildman–Crippen LogP) is 2.38. The predicted molar refractivity (Wildman–Crippen MR) is 98.6 cm³/mol. The Labute approximate surface area is 158 Å². The fraction of sp³-hybridized carbons (Fsp3) is 0.438. The number of benzene rings is 1. The molecule has 1 aromatic heterocycles. The van der Waals surface area contributed by atoms with Crippen molar-refractivity contribution in [1.29, 1.82) is 0 Å². The van der Waals surface area contributed by atoms with Gasteiger partial charge in [-0.3, -0.25) is 4.79 Å². The number of nitrogens with zero attached hydrogens (tertiary/aromatic N) is 4. The maximum atomic E-state index is 12.3. The number of phenolic OH excluding ortho intramolecular Hbond substituents is 1. The smallest absolute Gasteiger partial charge is 0.233 e. The lowest BCUT2D eigenvalue weighted by Crippen LogP contribution is -2.41. The van der Waals surface area contributed by atoms with Crippen molar-refractivity contribution in [3.63, 3.8) is 0 Å². The fourth-order valence-electron chi connectivity index (χ4n) is 2.60. The molecule has 0 radical (unpaired) electrons. The van der Waals surface area contributed by atoms with Crippen LogP contribution in [0.15, 0.2) is 27.8 Å². The zero-order valence-electron chi connectivity index (χ0n) is 13.8. The minimum absolute atomic E-state index is 0.0748. The maximum Gasteiger partial charge on any atom is 0.233 e. The Balaban J connectivity index is 1.76. The Kier molecular flexibility index (Phi) is 5.98. The van der Waals surface area contributed by atoms with E-state index in [9.17, 15) is 9.90 Å². The van der Waals surface area contributed by atoms with Gasteiger partial charge >= 0.3 is 0 Å². The molecule has 2 aromatic rings. The van der Waals surface area contributed by atoms with Crippen molar-refractivity contribution in [1.82, 2.24) is 19.7 Å². The molecule has 1 aliphatic heterocycles. The molecule has 0 bridgehead atoms. The summed E-state index contributed by atoms with van der Waals surface area (Å²) in [4.78, 5) is 14.1. The van der Waals surface area contributed by atoms with Gasteiger partial charge in [-0.2, -0.15) is 0 Å². The highest BCUT2D eigenvalue weighted by atomic mass is 79.9. The van der Waals surface area contributed by atoms with Crippen LogP contribution in [0.2, 0.25) is 0 Å². The van der Waals surface area contributed by atoms with Crippen molar-refractivity contribution in [2.24, 2.45) is 0 Å². The van der Waals surface area contributed by atoms with E-state index in [0.29, 0.717) is 55.1 Å². The molecule has 0 unspecified atom stereocenters. The molecule has 3 rings (SSSR count). The minimum Gasteiger partial charge on any atom is -0.507 e. The molecule has 1 amide bonds. The van der Waals surface area contributed by atoms with Crippen LogP contribution in [0.25, 0.3) is 11.4 Å². The maximum absolute atomic E-state index is 12.3. The lowest BCUT2D eigenvalue weighted by molar-refractivity contribution is -0.132. The van der Waals surface area contributed by atoms with Crippen LogP contribution >= 0.6 is 27.7 Å². The lowest BCUT2D eigenvalue weighted by Gasteiger charge is -2.26. The van der Waals surface area contributed by atoms with E-state index in [2.05, 4.69) is 26.1 Å². The third-order valence-corrected chi connectivity index (χ3v) is 5.37. The van der Waals surface area contributed by atoms with Crippen LogP contribution in [-0.4, -0.2) is 62.7 Å². The van der Waals surface area contributed by atoms with Gasteiger partial charge in [0.25, 0.3) is 0 Å². The van der Waals surface area contributed by atoms with Crippen LogP contribution < -0.4 is 0 Å². The average molecular weight is 427 g/mol. The summed E-state index contributed by atoms with van der Waals surface area (Å²) in [5.41, 5.74) is 0.607. The van der Waals surface area contributed by atoms with Gasteiger partial charge in [-0.05, 0) is 25.1 Å².